The van der Waals surface area contributed by atoms with E-state index in [1.807, 2.05) is 0 Å². The van der Waals surface area contributed by atoms with Crippen LogP contribution < -0.4 is 16.2 Å². The van der Waals surface area contributed by atoms with Gasteiger partial charge < -0.3 is 5.32 Å². The first-order chi connectivity index (χ1) is 10.9. The van der Waals surface area contributed by atoms with E-state index in [2.05, 4.69) is 61.2 Å². The van der Waals surface area contributed by atoms with Gasteiger partial charge in [0.15, 0.2) is 0 Å². The van der Waals surface area contributed by atoms with E-state index >= 15 is 0 Å². The van der Waals surface area contributed by atoms with Crippen molar-refractivity contribution in [3.05, 3.63) is 35.4 Å². The van der Waals surface area contributed by atoms with E-state index in [-0.39, 0.29) is 24.4 Å². The van der Waals surface area contributed by atoms with Crippen molar-refractivity contribution in [1.29, 1.82) is 0 Å². The first kappa shape index (κ1) is 19.2. The number of carbonyl (C=O) groups excluding carboxylic acids is 2. The molecule has 5 heteroatoms. The standard InChI is InChI=1S/C18H29N3O2/c1-5-6-7-15-8-10-16(11-9-15)18(13(2)3)19-12-17(23)21-20-14(4)22/h8-11,13,18-19H,5-7,12H2,1-4H3,(H,20,22)(H,21,23)/t18-/m1/s1. The van der Waals surface area contributed by atoms with Crippen molar-refractivity contribution in [2.24, 2.45) is 5.92 Å². The van der Waals surface area contributed by atoms with Gasteiger partial charge in [-0.15, -0.1) is 0 Å². The second kappa shape index (κ2) is 10.0. The number of hydrogen-bond donors (Lipinski definition) is 3. The molecule has 2 amide bonds. The van der Waals surface area contributed by atoms with Gasteiger partial charge in [-0.2, -0.15) is 0 Å². The highest BCUT2D eigenvalue weighted by Crippen LogP contribution is 2.22. The molecule has 0 aliphatic heterocycles. The maximum atomic E-state index is 11.7. The predicted octanol–water partition coefficient (Wildman–Crippen LogP) is 2.48. The van der Waals surface area contributed by atoms with E-state index in [0.717, 1.165) is 6.42 Å². The van der Waals surface area contributed by atoms with Crippen LogP contribution in [0.3, 0.4) is 0 Å². The van der Waals surface area contributed by atoms with Gasteiger partial charge in [-0.25, -0.2) is 0 Å². The Hall–Kier alpha value is -1.88. The van der Waals surface area contributed by atoms with Gasteiger partial charge in [0.25, 0.3) is 5.91 Å². The van der Waals surface area contributed by atoms with Gasteiger partial charge in [0.05, 0.1) is 6.54 Å². The van der Waals surface area contributed by atoms with Crippen molar-refractivity contribution < 1.29 is 9.59 Å². The third-order valence-electron chi connectivity index (χ3n) is 3.68. The summed E-state index contributed by atoms with van der Waals surface area (Å²) in [6.45, 7) is 7.94. The maximum absolute atomic E-state index is 11.7. The summed E-state index contributed by atoms with van der Waals surface area (Å²) in [4.78, 5) is 22.5. The molecule has 0 saturated carbocycles. The second-order valence-corrected chi connectivity index (χ2v) is 6.18. The summed E-state index contributed by atoms with van der Waals surface area (Å²) in [7, 11) is 0. The Balaban J connectivity index is 2.60. The molecule has 0 aromatic heterocycles. The Labute approximate surface area is 139 Å². The number of nitrogens with one attached hydrogen (secondary N) is 3. The summed E-state index contributed by atoms with van der Waals surface area (Å²) in [6.07, 6.45) is 3.51. The fraction of sp³-hybridized carbons (Fsp3) is 0.556. The van der Waals surface area contributed by atoms with Crippen LogP contribution in [0.1, 0.15) is 57.7 Å². The zero-order valence-electron chi connectivity index (χ0n) is 14.6. The Morgan fingerprint density at radius 3 is 2.26 bits per heavy atom. The Morgan fingerprint density at radius 2 is 1.74 bits per heavy atom. The summed E-state index contributed by atoms with van der Waals surface area (Å²) in [5.74, 6) is -0.197. The molecule has 128 valence electrons. The topological polar surface area (TPSA) is 70.2 Å². The first-order valence-electron chi connectivity index (χ1n) is 8.31. The molecular weight excluding hydrogens is 290 g/mol. The number of unbranched alkanes of at least 4 members (excludes halogenated alkanes) is 1. The van der Waals surface area contributed by atoms with Gasteiger partial charge in [0.2, 0.25) is 5.91 Å². The highest BCUT2D eigenvalue weighted by Gasteiger charge is 2.16. The first-order valence-corrected chi connectivity index (χ1v) is 8.31. The van der Waals surface area contributed by atoms with Crippen molar-refractivity contribution in [3.8, 4) is 0 Å². The number of rotatable bonds is 8. The van der Waals surface area contributed by atoms with Crippen LogP contribution in [0.5, 0.6) is 0 Å². The normalized spacial score (nSPS) is 12.0. The molecule has 1 aromatic carbocycles. The molecule has 0 bridgehead atoms. The van der Waals surface area contributed by atoms with Gasteiger partial charge in [0, 0.05) is 13.0 Å². The third-order valence-corrected chi connectivity index (χ3v) is 3.68. The van der Waals surface area contributed by atoms with Crippen LogP contribution >= 0.6 is 0 Å². The molecule has 0 spiro atoms. The highest BCUT2D eigenvalue weighted by atomic mass is 16.2. The zero-order chi connectivity index (χ0) is 17.2. The highest BCUT2D eigenvalue weighted by molar-refractivity contribution is 5.81. The fourth-order valence-electron chi connectivity index (χ4n) is 2.42. The Kier molecular flexibility index (Phi) is 8.33. The summed E-state index contributed by atoms with van der Waals surface area (Å²) < 4.78 is 0. The summed E-state index contributed by atoms with van der Waals surface area (Å²) in [5, 5.41) is 3.26. The number of aryl methyl sites for hydroxylation is 1. The lowest BCUT2D eigenvalue weighted by Crippen LogP contribution is -2.45. The van der Waals surface area contributed by atoms with E-state index in [9.17, 15) is 9.59 Å². The molecule has 0 heterocycles. The maximum Gasteiger partial charge on any atom is 0.252 e. The van der Waals surface area contributed by atoms with Gasteiger partial charge in [-0.1, -0.05) is 51.5 Å². The van der Waals surface area contributed by atoms with Crippen molar-refractivity contribution in [2.75, 3.05) is 6.54 Å². The lowest BCUT2D eigenvalue weighted by atomic mass is 9.94. The molecule has 0 fully saturated rings. The van der Waals surface area contributed by atoms with Crippen molar-refractivity contribution in [1.82, 2.24) is 16.2 Å². The average Bonchev–Trinajstić information content (AvgIpc) is 2.52. The molecule has 1 aromatic rings. The molecule has 0 radical (unpaired) electrons. The van der Waals surface area contributed by atoms with Crippen molar-refractivity contribution >= 4 is 11.8 Å². The second-order valence-electron chi connectivity index (χ2n) is 6.18. The van der Waals surface area contributed by atoms with Gasteiger partial charge in [0.1, 0.15) is 0 Å². The van der Waals surface area contributed by atoms with E-state index in [1.165, 1.54) is 30.9 Å². The minimum atomic E-state index is -0.290. The molecule has 0 unspecified atom stereocenters. The monoisotopic (exact) mass is 319 g/mol. The van der Waals surface area contributed by atoms with Gasteiger partial charge in [-0.05, 0) is 29.9 Å². The van der Waals surface area contributed by atoms with E-state index in [1.54, 1.807) is 0 Å². The van der Waals surface area contributed by atoms with Crippen LogP contribution in [0.2, 0.25) is 0 Å². The molecule has 0 aliphatic carbocycles. The summed E-state index contributed by atoms with van der Waals surface area (Å²) >= 11 is 0. The molecular formula is C18H29N3O2. The minimum Gasteiger partial charge on any atom is -0.301 e. The predicted molar refractivity (Wildman–Crippen MR) is 92.6 cm³/mol. The molecule has 0 saturated heterocycles. The molecule has 1 rings (SSSR count). The van der Waals surface area contributed by atoms with Crippen LogP contribution in [0.4, 0.5) is 0 Å². The minimum absolute atomic E-state index is 0.0957. The number of amides is 2. The van der Waals surface area contributed by atoms with E-state index in [0.29, 0.717) is 5.92 Å². The lowest BCUT2D eigenvalue weighted by molar-refractivity contribution is -0.127. The van der Waals surface area contributed by atoms with Crippen LogP contribution in [0, 0.1) is 5.92 Å². The fourth-order valence-corrected chi connectivity index (χ4v) is 2.42. The quantitative estimate of drug-likeness (QED) is 0.645. The zero-order valence-corrected chi connectivity index (χ0v) is 14.6. The molecule has 5 nitrogen and oxygen atoms in total. The van der Waals surface area contributed by atoms with Crippen LogP contribution in [-0.4, -0.2) is 18.4 Å². The van der Waals surface area contributed by atoms with E-state index < -0.39 is 0 Å². The van der Waals surface area contributed by atoms with Crippen LogP contribution in [-0.2, 0) is 16.0 Å². The molecule has 3 N–H and O–H groups in total. The summed E-state index contributed by atoms with van der Waals surface area (Å²) in [5.41, 5.74) is 7.17. The lowest BCUT2D eigenvalue weighted by Gasteiger charge is -2.23. The van der Waals surface area contributed by atoms with Gasteiger partial charge in [-0.3, -0.25) is 20.4 Å². The number of benzene rings is 1. The summed E-state index contributed by atoms with van der Waals surface area (Å²) in [6, 6.07) is 8.69. The largest absolute Gasteiger partial charge is 0.301 e. The van der Waals surface area contributed by atoms with E-state index in [4.69, 9.17) is 0 Å². The van der Waals surface area contributed by atoms with Crippen molar-refractivity contribution in [3.63, 3.8) is 0 Å². The van der Waals surface area contributed by atoms with Crippen LogP contribution in [0.25, 0.3) is 0 Å². The number of hydrogen-bond acceptors (Lipinski definition) is 3. The Bertz CT molecular complexity index is 497. The smallest absolute Gasteiger partial charge is 0.252 e. The molecule has 1 atom stereocenters. The average molecular weight is 319 g/mol. The van der Waals surface area contributed by atoms with Crippen molar-refractivity contribution in [2.45, 2.75) is 53.0 Å². The third kappa shape index (κ3) is 7.28. The van der Waals surface area contributed by atoms with Crippen LogP contribution in [0.15, 0.2) is 24.3 Å². The SMILES string of the molecule is CCCCc1ccc([C@H](NCC(=O)NNC(C)=O)C(C)C)cc1. The number of hydrazine groups is 1. The molecule has 23 heavy (non-hydrogen) atoms. The number of carbonyl (C=O) groups is 2. The Morgan fingerprint density at radius 1 is 1.09 bits per heavy atom. The molecule has 0 aliphatic rings. The van der Waals surface area contributed by atoms with Gasteiger partial charge >= 0.3 is 0 Å².